The van der Waals surface area contributed by atoms with E-state index in [1.807, 2.05) is 4.90 Å². The summed E-state index contributed by atoms with van der Waals surface area (Å²) in [6.07, 6.45) is 0.889. The number of carboxylic acids is 1. The van der Waals surface area contributed by atoms with Crippen molar-refractivity contribution < 1.29 is 34.1 Å². The minimum Gasteiger partial charge on any atom is -0.508 e. The van der Waals surface area contributed by atoms with E-state index in [0.717, 1.165) is 0 Å². The predicted molar refractivity (Wildman–Crippen MR) is 157 cm³/mol. The number of nitrogens with zero attached hydrogens (tertiary/aromatic N) is 2. The molecule has 222 valence electrons. The monoisotopic (exact) mass is 576 g/mol. The molecule has 4 atom stereocenters. The summed E-state index contributed by atoms with van der Waals surface area (Å²) in [4.78, 5) is 43.6. The molecule has 0 spiro atoms. The number of carboxylic acid groups (broad SMARTS) is 1. The van der Waals surface area contributed by atoms with Crippen LogP contribution in [0.3, 0.4) is 0 Å². The molecule has 3 aromatic rings. The van der Waals surface area contributed by atoms with Gasteiger partial charge in [-0.05, 0) is 81.9 Å². The number of aromatic hydroxyl groups is 2. The summed E-state index contributed by atoms with van der Waals surface area (Å²) in [5, 5.41) is 29.8. The van der Waals surface area contributed by atoms with Crippen LogP contribution in [0.4, 0.5) is 4.39 Å². The zero-order valence-electron chi connectivity index (χ0n) is 24.0. The molecule has 1 fully saturated rings. The highest BCUT2D eigenvalue weighted by molar-refractivity contribution is 6.02. The molecule has 0 aromatic heterocycles. The quantitative estimate of drug-likeness (QED) is 0.280. The maximum absolute atomic E-state index is 14.9. The first-order valence-corrected chi connectivity index (χ1v) is 14.0. The van der Waals surface area contributed by atoms with Gasteiger partial charge in [0.15, 0.2) is 11.6 Å². The molecule has 0 saturated carbocycles. The van der Waals surface area contributed by atoms with Gasteiger partial charge in [-0.25, -0.2) is 4.39 Å². The molecule has 8 nitrogen and oxygen atoms in total. The number of Topliss-reactive ketones (excluding diaryl/α,β-unsaturated/α-hetero) is 2. The molecule has 0 bridgehead atoms. The molecule has 0 amide bonds. The van der Waals surface area contributed by atoms with Crippen LogP contribution in [0, 0.1) is 24.6 Å². The molecule has 1 aliphatic rings. The molecule has 4 rings (SSSR count). The van der Waals surface area contributed by atoms with Gasteiger partial charge in [0.1, 0.15) is 23.4 Å². The molecular formula is C33H37FN2O6. The van der Waals surface area contributed by atoms with E-state index in [0.29, 0.717) is 30.5 Å². The van der Waals surface area contributed by atoms with Crippen molar-refractivity contribution >= 4 is 17.5 Å². The summed E-state index contributed by atoms with van der Waals surface area (Å²) in [5.74, 6) is -4.28. The lowest BCUT2D eigenvalue weighted by atomic mass is 9.67. The van der Waals surface area contributed by atoms with Crippen LogP contribution in [-0.4, -0.2) is 82.4 Å². The molecule has 1 heterocycles. The topological polar surface area (TPSA) is 118 Å². The van der Waals surface area contributed by atoms with Crippen molar-refractivity contribution in [2.75, 3.05) is 33.7 Å². The highest BCUT2D eigenvalue weighted by Gasteiger charge is 2.45. The van der Waals surface area contributed by atoms with Crippen LogP contribution in [0.15, 0.2) is 66.7 Å². The normalized spacial score (nSPS) is 19.9. The first kappa shape index (κ1) is 30.9. The van der Waals surface area contributed by atoms with Crippen LogP contribution in [0.2, 0.25) is 0 Å². The highest BCUT2D eigenvalue weighted by atomic mass is 19.1. The Morgan fingerprint density at radius 2 is 1.43 bits per heavy atom. The Hall–Kier alpha value is -4.08. The molecule has 1 unspecified atom stereocenters. The van der Waals surface area contributed by atoms with E-state index in [1.165, 1.54) is 30.3 Å². The molecule has 9 heteroatoms. The Morgan fingerprint density at radius 3 is 1.90 bits per heavy atom. The van der Waals surface area contributed by atoms with Crippen molar-refractivity contribution in [3.05, 3.63) is 94.8 Å². The van der Waals surface area contributed by atoms with E-state index in [1.54, 1.807) is 62.3 Å². The van der Waals surface area contributed by atoms with Gasteiger partial charge in [-0.3, -0.25) is 19.3 Å². The molecule has 0 radical (unpaired) electrons. The summed E-state index contributed by atoms with van der Waals surface area (Å²) in [6.45, 7) is 2.60. The average molecular weight is 577 g/mol. The second-order valence-electron chi connectivity index (χ2n) is 11.2. The molecular weight excluding hydrogens is 539 g/mol. The Balaban J connectivity index is 1.77. The first-order valence-electron chi connectivity index (χ1n) is 14.0. The Bertz CT molecular complexity index is 1390. The second kappa shape index (κ2) is 13.3. The number of carbonyl (C=O) groups is 3. The molecule has 3 N–H and O–H groups in total. The number of hydrogen-bond donors (Lipinski definition) is 3. The third-order valence-corrected chi connectivity index (χ3v) is 8.24. The third-order valence-electron chi connectivity index (χ3n) is 8.24. The fourth-order valence-corrected chi connectivity index (χ4v) is 6.09. The number of ketones is 2. The van der Waals surface area contributed by atoms with Crippen LogP contribution in [0.1, 0.15) is 50.6 Å². The molecule has 3 aromatic carbocycles. The van der Waals surface area contributed by atoms with Crippen molar-refractivity contribution in [3.8, 4) is 11.5 Å². The fraction of sp³-hybridized carbons (Fsp3) is 0.364. The lowest BCUT2D eigenvalue weighted by molar-refractivity contribution is -0.142. The van der Waals surface area contributed by atoms with Crippen molar-refractivity contribution in [1.29, 1.82) is 0 Å². The fourth-order valence-electron chi connectivity index (χ4n) is 6.09. The number of likely N-dealkylation sites (N-methyl/N-ethyl adjacent to an activating group) is 1. The number of likely N-dealkylation sites (tertiary alicyclic amines) is 1. The smallest absolute Gasteiger partial charge is 0.320 e. The van der Waals surface area contributed by atoms with Gasteiger partial charge in [0.05, 0.1) is 0 Å². The lowest BCUT2D eigenvalue weighted by Crippen LogP contribution is -2.51. The lowest BCUT2D eigenvalue weighted by Gasteiger charge is -2.43. The van der Waals surface area contributed by atoms with Gasteiger partial charge >= 0.3 is 5.97 Å². The zero-order chi connectivity index (χ0) is 30.6. The SMILES string of the molecule is Cc1c(F)cccc1C1[C@@H](C(=O)c2cccc(O)c2)CN(CCC[C@@H](C(=O)O)N(C)C)C[C@H]1C(=O)c1cccc(O)c1. The van der Waals surface area contributed by atoms with Crippen molar-refractivity contribution in [2.24, 2.45) is 11.8 Å². The summed E-state index contributed by atoms with van der Waals surface area (Å²) in [7, 11) is 3.42. The Labute approximate surface area is 245 Å². The maximum Gasteiger partial charge on any atom is 0.320 e. The molecule has 1 aliphatic heterocycles. The van der Waals surface area contributed by atoms with E-state index in [9.17, 15) is 34.1 Å². The van der Waals surface area contributed by atoms with Crippen LogP contribution in [0.5, 0.6) is 11.5 Å². The van der Waals surface area contributed by atoms with Gasteiger partial charge < -0.3 is 20.2 Å². The van der Waals surface area contributed by atoms with E-state index in [2.05, 4.69) is 0 Å². The van der Waals surface area contributed by atoms with E-state index < -0.39 is 35.6 Å². The van der Waals surface area contributed by atoms with Crippen LogP contribution < -0.4 is 0 Å². The highest BCUT2D eigenvalue weighted by Crippen LogP contribution is 2.42. The number of carbonyl (C=O) groups excluding carboxylic acids is 2. The molecule has 1 saturated heterocycles. The number of phenols is 2. The van der Waals surface area contributed by atoms with E-state index in [-0.39, 0.29) is 47.3 Å². The number of piperidine rings is 1. The Kier molecular flexibility index (Phi) is 9.75. The maximum atomic E-state index is 14.9. The number of benzene rings is 3. The Morgan fingerprint density at radius 1 is 0.905 bits per heavy atom. The van der Waals surface area contributed by atoms with Crippen LogP contribution >= 0.6 is 0 Å². The van der Waals surface area contributed by atoms with Crippen molar-refractivity contribution in [1.82, 2.24) is 9.80 Å². The van der Waals surface area contributed by atoms with Gasteiger partial charge in [0.25, 0.3) is 0 Å². The van der Waals surface area contributed by atoms with Crippen molar-refractivity contribution in [2.45, 2.75) is 31.7 Å². The van der Waals surface area contributed by atoms with E-state index in [4.69, 9.17) is 0 Å². The number of phenolic OH excluding ortho intramolecular Hbond substituents is 2. The first-order chi connectivity index (χ1) is 20.0. The predicted octanol–water partition coefficient (Wildman–Crippen LogP) is 4.74. The van der Waals surface area contributed by atoms with Gasteiger partial charge in [-0.2, -0.15) is 0 Å². The largest absolute Gasteiger partial charge is 0.508 e. The zero-order valence-corrected chi connectivity index (χ0v) is 24.0. The minimum atomic E-state index is -0.922. The molecule has 0 aliphatic carbocycles. The summed E-state index contributed by atoms with van der Waals surface area (Å²) >= 11 is 0. The summed E-state index contributed by atoms with van der Waals surface area (Å²) in [5.41, 5.74) is 1.48. The second-order valence-corrected chi connectivity index (χ2v) is 11.2. The summed E-state index contributed by atoms with van der Waals surface area (Å²) < 4.78 is 14.9. The number of rotatable bonds is 11. The van der Waals surface area contributed by atoms with Gasteiger partial charge in [-0.15, -0.1) is 0 Å². The average Bonchev–Trinajstić information content (AvgIpc) is 2.95. The van der Waals surface area contributed by atoms with Crippen LogP contribution in [0.25, 0.3) is 0 Å². The molecule has 42 heavy (non-hydrogen) atoms. The van der Waals surface area contributed by atoms with Gasteiger partial charge in [-0.1, -0.05) is 36.4 Å². The van der Waals surface area contributed by atoms with Gasteiger partial charge in [0.2, 0.25) is 0 Å². The number of aliphatic carboxylic acids is 1. The standard InChI is InChI=1S/C33H37FN2O6/c1-20-25(12-6-13-28(20)34)30-26(31(39)21-8-4-10-23(37)16-21)18-36(15-7-14-29(33(41)42)35(2)3)19-27(30)32(40)22-9-5-11-24(38)17-22/h4-6,8-13,16-17,26-27,29-30,37-38H,7,14-15,18-19H2,1-3H3,(H,41,42)/t26-,27+,29-,30?/m0/s1. The summed E-state index contributed by atoms with van der Waals surface area (Å²) in [6, 6.07) is 16.1. The number of halogens is 1. The van der Waals surface area contributed by atoms with E-state index >= 15 is 0 Å². The van der Waals surface area contributed by atoms with Crippen LogP contribution in [-0.2, 0) is 4.79 Å². The minimum absolute atomic E-state index is 0.0669. The van der Waals surface area contributed by atoms with Gasteiger partial charge in [0, 0.05) is 42.0 Å². The van der Waals surface area contributed by atoms with Crippen molar-refractivity contribution in [3.63, 3.8) is 0 Å². The number of hydrogen-bond acceptors (Lipinski definition) is 7. The third kappa shape index (κ3) is 6.86.